The van der Waals surface area contributed by atoms with Gasteiger partial charge in [-0.15, -0.1) is 5.10 Å². The van der Waals surface area contributed by atoms with Crippen LogP contribution in [0.4, 0.5) is 0 Å². The van der Waals surface area contributed by atoms with E-state index < -0.39 is 0 Å². The maximum Gasteiger partial charge on any atom is 0.253 e. The molecule has 2 aromatic heterocycles. The summed E-state index contributed by atoms with van der Waals surface area (Å²) in [5, 5.41) is 13.6. The number of hydrogen-bond acceptors (Lipinski definition) is 7. The van der Waals surface area contributed by atoms with Crippen LogP contribution in [0.25, 0.3) is 10.9 Å². The molecule has 1 aromatic carbocycles. The van der Waals surface area contributed by atoms with E-state index in [2.05, 4.69) is 46.2 Å². The minimum atomic E-state index is -0.381. The van der Waals surface area contributed by atoms with Crippen LogP contribution in [0.1, 0.15) is 51.5 Å². The maximum atomic E-state index is 13.2. The van der Waals surface area contributed by atoms with Gasteiger partial charge in [-0.2, -0.15) is 0 Å². The van der Waals surface area contributed by atoms with Crippen LogP contribution in [0.3, 0.4) is 0 Å². The van der Waals surface area contributed by atoms with E-state index in [-0.39, 0.29) is 17.1 Å². The Balaban J connectivity index is 1.88. The zero-order valence-corrected chi connectivity index (χ0v) is 18.6. The average molecular weight is 427 g/mol. The molecule has 0 bridgehead atoms. The number of nitrogens with one attached hydrogen (secondary N) is 1. The molecule has 1 atom stereocenters. The van der Waals surface area contributed by atoms with Crippen molar-refractivity contribution in [2.75, 3.05) is 32.9 Å². The fourth-order valence-electron chi connectivity index (χ4n) is 3.94. The average Bonchev–Trinajstić information content (AvgIpc) is 3.26. The molecule has 1 aliphatic heterocycles. The Labute approximate surface area is 181 Å². The zero-order valence-electron chi connectivity index (χ0n) is 18.6. The van der Waals surface area contributed by atoms with Crippen LogP contribution in [-0.4, -0.2) is 63.0 Å². The van der Waals surface area contributed by atoms with Crippen LogP contribution < -0.4 is 10.3 Å². The predicted octanol–water partition coefficient (Wildman–Crippen LogP) is 2.48. The molecule has 3 aromatic rings. The Kier molecular flexibility index (Phi) is 6.06. The Bertz CT molecular complexity index is 1100. The number of pyridine rings is 1. The standard InChI is InChI=1S/C22H30N6O3/c1-5-22(3,4)28-20(24-25-26-28)19(27-9-11-30-12-10-27)17-14-15-13-16(31-6-2)7-8-18(15)23-21(17)29/h7-8,13-14,19H,5-6,9-12H2,1-4H3,(H,23,29)/t19-/m1/s1. The molecule has 0 spiro atoms. The lowest BCUT2D eigenvalue weighted by Gasteiger charge is -2.35. The van der Waals surface area contributed by atoms with Gasteiger partial charge in [0.1, 0.15) is 11.8 Å². The summed E-state index contributed by atoms with van der Waals surface area (Å²) in [6, 6.07) is 7.25. The van der Waals surface area contributed by atoms with Gasteiger partial charge in [0.15, 0.2) is 5.82 Å². The van der Waals surface area contributed by atoms with Crippen LogP contribution in [0, 0.1) is 0 Å². The molecule has 3 heterocycles. The lowest BCUT2D eigenvalue weighted by molar-refractivity contribution is 0.0204. The van der Waals surface area contributed by atoms with Crippen molar-refractivity contribution in [3.63, 3.8) is 0 Å². The van der Waals surface area contributed by atoms with E-state index in [0.29, 0.717) is 44.3 Å². The second kappa shape index (κ2) is 8.76. The first kappa shape index (κ1) is 21.5. The number of H-pyrrole nitrogens is 1. The first-order valence-electron chi connectivity index (χ1n) is 10.8. The number of benzene rings is 1. The lowest BCUT2D eigenvalue weighted by Crippen LogP contribution is -2.43. The van der Waals surface area contributed by atoms with E-state index in [4.69, 9.17) is 9.47 Å². The fraction of sp³-hybridized carbons (Fsp3) is 0.545. The number of morpholine rings is 1. The third-order valence-corrected chi connectivity index (χ3v) is 6.04. The molecule has 1 fully saturated rings. The number of fused-ring (bicyclic) bond motifs is 1. The summed E-state index contributed by atoms with van der Waals surface area (Å²) in [5.74, 6) is 1.44. The van der Waals surface area contributed by atoms with Crippen LogP contribution in [-0.2, 0) is 10.3 Å². The van der Waals surface area contributed by atoms with Crippen molar-refractivity contribution >= 4 is 10.9 Å². The molecule has 0 unspecified atom stereocenters. The predicted molar refractivity (Wildman–Crippen MR) is 117 cm³/mol. The number of rotatable bonds is 7. The summed E-state index contributed by atoms with van der Waals surface area (Å²) in [5.41, 5.74) is 0.962. The van der Waals surface area contributed by atoms with E-state index >= 15 is 0 Å². The highest BCUT2D eigenvalue weighted by Gasteiger charge is 2.34. The Morgan fingerprint density at radius 1 is 1.23 bits per heavy atom. The van der Waals surface area contributed by atoms with Crippen LogP contribution in [0.5, 0.6) is 5.75 Å². The molecule has 4 rings (SSSR count). The van der Waals surface area contributed by atoms with Gasteiger partial charge in [-0.3, -0.25) is 9.69 Å². The van der Waals surface area contributed by atoms with E-state index in [9.17, 15) is 4.79 Å². The summed E-state index contributed by atoms with van der Waals surface area (Å²) >= 11 is 0. The van der Waals surface area contributed by atoms with Crippen molar-refractivity contribution < 1.29 is 9.47 Å². The van der Waals surface area contributed by atoms with Crippen LogP contribution in [0.2, 0.25) is 0 Å². The van der Waals surface area contributed by atoms with Gasteiger partial charge in [0, 0.05) is 29.6 Å². The number of aromatic amines is 1. The van der Waals surface area contributed by atoms with Gasteiger partial charge in [-0.25, -0.2) is 4.68 Å². The fourth-order valence-corrected chi connectivity index (χ4v) is 3.94. The molecule has 0 radical (unpaired) electrons. The molecule has 1 aliphatic rings. The molecule has 1 saturated heterocycles. The van der Waals surface area contributed by atoms with Gasteiger partial charge in [0.25, 0.3) is 5.56 Å². The van der Waals surface area contributed by atoms with Gasteiger partial charge in [0.2, 0.25) is 0 Å². The second-order valence-electron chi connectivity index (χ2n) is 8.40. The third kappa shape index (κ3) is 4.20. The minimum Gasteiger partial charge on any atom is -0.494 e. The highest BCUT2D eigenvalue weighted by molar-refractivity contribution is 5.80. The van der Waals surface area contributed by atoms with E-state index in [1.54, 1.807) is 0 Å². The summed E-state index contributed by atoms with van der Waals surface area (Å²) in [6.07, 6.45) is 0.854. The van der Waals surface area contributed by atoms with Crippen LogP contribution in [0.15, 0.2) is 29.1 Å². The highest BCUT2D eigenvalue weighted by atomic mass is 16.5. The van der Waals surface area contributed by atoms with E-state index in [0.717, 1.165) is 23.1 Å². The number of ether oxygens (including phenoxy) is 2. The van der Waals surface area contributed by atoms with Crippen LogP contribution >= 0.6 is 0 Å². The Morgan fingerprint density at radius 2 is 2.00 bits per heavy atom. The molecule has 9 heteroatoms. The number of tetrazole rings is 1. The second-order valence-corrected chi connectivity index (χ2v) is 8.40. The Morgan fingerprint density at radius 3 is 2.71 bits per heavy atom. The van der Waals surface area contributed by atoms with Gasteiger partial charge in [-0.1, -0.05) is 6.92 Å². The van der Waals surface area contributed by atoms with Crippen molar-refractivity contribution in [1.82, 2.24) is 30.1 Å². The topological polar surface area (TPSA) is 98.2 Å². The number of hydrogen-bond donors (Lipinski definition) is 1. The first-order valence-corrected chi connectivity index (χ1v) is 10.8. The molecule has 31 heavy (non-hydrogen) atoms. The van der Waals surface area contributed by atoms with Crippen molar-refractivity contribution in [3.05, 3.63) is 46.0 Å². The quantitative estimate of drug-likeness (QED) is 0.620. The third-order valence-electron chi connectivity index (χ3n) is 6.04. The highest BCUT2D eigenvalue weighted by Crippen LogP contribution is 2.31. The van der Waals surface area contributed by atoms with Crippen molar-refractivity contribution in [1.29, 1.82) is 0 Å². The van der Waals surface area contributed by atoms with E-state index in [1.807, 2.05) is 35.9 Å². The molecule has 1 N–H and O–H groups in total. The maximum absolute atomic E-state index is 13.2. The van der Waals surface area contributed by atoms with E-state index in [1.165, 1.54) is 0 Å². The smallest absolute Gasteiger partial charge is 0.253 e. The van der Waals surface area contributed by atoms with Gasteiger partial charge < -0.3 is 14.5 Å². The minimum absolute atomic E-state index is 0.142. The lowest BCUT2D eigenvalue weighted by atomic mass is 9.99. The molecular weight excluding hydrogens is 396 g/mol. The van der Waals surface area contributed by atoms with Crippen molar-refractivity contribution in [2.24, 2.45) is 0 Å². The van der Waals surface area contributed by atoms with Crippen molar-refractivity contribution in [3.8, 4) is 5.75 Å². The van der Waals surface area contributed by atoms with Gasteiger partial charge in [-0.05, 0) is 61.9 Å². The zero-order chi connectivity index (χ0) is 22.0. The molecular formula is C22H30N6O3. The monoisotopic (exact) mass is 426 g/mol. The molecule has 0 aliphatic carbocycles. The molecule has 0 amide bonds. The first-order chi connectivity index (χ1) is 14.9. The normalized spacial score (nSPS) is 16.5. The largest absolute Gasteiger partial charge is 0.494 e. The number of aromatic nitrogens is 5. The SMILES string of the molecule is CCOc1ccc2[nH]c(=O)c([C@H](c3nnnn3C(C)(C)CC)N3CCOCC3)cc2c1. The summed E-state index contributed by atoms with van der Waals surface area (Å²) < 4.78 is 13.1. The molecule has 0 saturated carbocycles. The summed E-state index contributed by atoms with van der Waals surface area (Å²) in [7, 11) is 0. The number of nitrogens with zero attached hydrogens (tertiary/aromatic N) is 5. The summed E-state index contributed by atoms with van der Waals surface area (Å²) in [6.45, 7) is 11.4. The Hall–Kier alpha value is -2.78. The molecule has 166 valence electrons. The van der Waals surface area contributed by atoms with Gasteiger partial charge >= 0.3 is 0 Å². The molecule has 9 nitrogen and oxygen atoms in total. The summed E-state index contributed by atoms with van der Waals surface area (Å²) in [4.78, 5) is 18.5. The van der Waals surface area contributed by atoms with Crippen molar-refractivity contribution in [2.45, 2.75) is 45.7 Å². The van der Waals surface area contributed by atoms with Gasteiger partial charge in [0.05, 0.1) is 25.4 Å².